The quantitative estimate of drug-likeness (QED) is 0.262. The molecule has 0 fully saturated rings. The zero-order valence-corrected chi connectivity index (χ0v) is 14.3. The van der Waals surface area contributed by atoms with Crippen molar-refractivity contribution in [3.8, 4) is 0 Å². The Labute approximate surface area is 162 Å². The molecule has 21 heteroatoms. The maximum Gasteiger partial charge on any atom is 0.526 e. The Bertz CT molecular complexity index is 583. The van der Waals surface area contributed by atoms with Crippen LogP contribution in [0.3, 0.4) is 0 Å². The van der Waals surface area contributed by atoms with E-state index in [1.807, 2.05) is 9.47 Å². The molecule has 0 heterocycles. The van der Waals surface area contributed by atoms with E-state index in [-0.39, 0.29) is 0 Å². The second-order valence-corrected chi connectivity index (χ2v) is 5.86. The van der Waals surface area contributed by atoms with Crippen LogP contribution in [-0.2, 0) is 14.2 Å². The molecule has 0 bridgehead atoms. The van der Waals surface area contributed by atoms with E-state index in [1.54, 1.807) is 4.74 Å². The molecule has 0 aromatic heterocycles. The first kappa shape index (κ1) is 28.7. The standard InChI is InChI=1S/C8Cl3F15O3/c9-3(15,16)2(14,27-7(21,22)23)1(12,13)6(19,20)28-4(10,17)5(11,18)29-8(24,25)26. The van der Waals surface area contributed by atoms with Crippen molar-refractivity contribution in [1.29, 1.82) is 0 Å². The molecule has 0 radical (unpaired) electrons. The van der Waals surface area contributed by atoms with E-state index in [2.05, 4.69) is 34.8 Å². The van der Waals surface area contributed by atoms with Gasteiger partial charge >= 0.3 is 46.6 Å². The molecule has 3 nitrogen and oxygen atoms in total. The molecule has 0 rings (SSSR count). The highest BCUT2D eigenvalue weighted by Crippen LogP contribution is 2.58. The lowest BCUT2D eigenvalue weighted by atomic mass is 10.1. The fourth-order valence-electron chi connectivity index (χ4n) is 1.14. The summed E-state index contributed by atoms with van der Waals surface area (Å²) in [5.41, 5.74) is 0. The summed E-state index contributed by atoms with van der Waals surface area (Å²) < 4.78 is 196. The lowest BCUT2D eigenvalue weighted by Gasteiger charge is -2.40. The second kappa shape index (κ2) is 7.68. The van der Waals surface area contributed by atoms with Crippen molar-refractivity contribution in [2.75, 3.05) is 0 Å². The van der Waals surface area contributed by atoms with Gasteiger partial charge in [0.1, 0.15) is 0 Å². The molecule has 0 aromatic rings. The summed E-state index contributed by atoms with van der Waals surface area (Å²) in [4.78, 5) is 0. The second-order valence-electron chi connectivity index (χ2n) is 4.42. The van der Waals surface area contributed by atoms with Gasteiger partial charge in [0.05, 0.1) is 0 Å². The van der Waals surface area contributed by atoms with Crippen LogP contribution in [0.25, 0.3) is 0 Å². The Hall–Kier alpha value is -0.300. The average Bonchev–Trinajstić information content (AvgIpc) is 2.29. The third kappa shape index (κ3) is 6.34. The van der Waals surface area contributed by atoms with Crippen molar-refractivity contribution < 1.29 is 80.1 Å². The summed E-state index contributed by atoms with van der Waals surface area (Å²) in [5, 5.41) is -18.7. The van der Waals surface area contributed by atoms with Gasteiger partial charge in [-0.1, -0.05) is 0 Å². The predicted molar refractivity (Wildman–Crippen MR) is 59.3 cm³/mol. The number of rotatable bonds is 8. The van der Waals surface area contributed by atoms with Gasteiger partial charge in [0.15, 0.2) is 0 Å². The van der Waals surface area contributed by atoms with Gasteiger partial charge in [-0.3, -0.25) is 4.74 Å². The van der Waals surface area contributed by atoms with Gasteiger partial charge < -0.3 is 0 Å². The van der Waals surface area contributed by atoms with Gasteiger partial charge in [-0.25, -0.2) is 9.47 Å². The molecule has 0 N–H and O–H groups in total. The molecular formula is C8Cl3F15O3. The Morgan fingerprint density at radius 1 is 0.448 bits per heavy atom. The van der Waals surface area contributed by atoms with Crippen molar-refractivity contribution in [2.45, 2.75) is 46.6 Å². The highest BCUT2D eigenvalue weighted by molar-refractivity contribution is 6.31. The summed E-state index contributed by atoms with van der Waals surface area (Å²) in [6.45, 7) is 0. The van der Waals surface area contributed by atoms with Crippen LogP contribution in [0.15, 0.2) is 0 Å². The molecule has 0 aliphatic carbocycles. The fourth-order valence-corrected chi connectivity index (χ4v) is 1.55. The Morgan fingerprint density at radius 2 is 0.759 bits per heavy atom. The van der Waals surface area contributed by atoms with Crippen LogP contribution >= 0.6 is 34.8 Å². The molecule has 3 unspecified atom stereocenters. The highest BCUT2D eigenvalue weighted by Gasteiger charge is 2.85. The average molecular weight is 535 g/mol. The smallest absolute Gasteiger partial charge is 0.258 e. The third-order valence-corrected chi connectivity index (χ3v) is 3.21. The summed E-state index contributed by atoms with van der Waals surface area (Å²) in [5.74, 6) is -15.1. The lowest BCUT2D eigenvalue weighted by Crippen LogP contribution is -2.68. The van der Waals surface area contributed by atoms with E-state index in [4.69, 9.17) is 0 Å². The number of ether oxygens (including phenoxy) is 3. The van der Waals surface area contributed by atoms with Gasteiger partial charge in [0.2, 0.25) is 0 Å². The fraction of sp³-hybridized carbons (Fsp3) is 1.00. The minimum absolute atomic E-state index is 1.56. The SMILES string of the molecule is FC(F)(F)OC(F)(Cl)C(F)(Cl)OC(F)(F)C(F)(F)C(F)(OC(F)(F)F)C(F)(F)Cl. The molecule has 0 aliphatic heterocycles. The first-order valence-electron chi connectivity index (χ1n) is 5.63. The predicted octanol–water partition coefficient (Wildman–Crippen LogP) is 6.53. The number of hydrogen-bond donors (Lipinski definition) is 0. The van der Waals surface area contributed by atoms with E-state index >= 15 is 0 Å². The van der Waals surface area contributed by atoms with Crippen LogP contribution in [-0.4, -0.2) is 46.6 Å². The summed E-state index contributed by atoms with van der Waals surface area (Å²) >= 11 is 11.5. The number of hydrogen-bond acceptors (Lipinski definition) is 3. The van der Waals surface area contributed by atoms with Gasteiger partial charge in [0, 0.05) is 0 Å². The molecule has 0 aliphatic rings. The molecule has 0 saturated carbocycles. The molecule has 0 aromatic carbocycles. The van der Waals surface area contributed by atoms with Crippen LogP contribution in [0.4, 0.5) is 65.9 Å². The van der Waals surface area contributed by atoms with Crippen molar-refractivity contribution in [3.63, 3.8) is 0 Å². The molecule has 0 spiro atoms. The third-order valence-electron chi connectivity index (χ3n) is 2.23. The molecule has 3 atom stereocenters. The van der Waals surface area contributed by atoms with Crippen molar-refractivity contribution in [1.82, 2.24) is 0 Å². The molecule has 0 saturated heterocycles. The van der Waals surface area contributed by atoms with Gasteiger partial charge in [-0.2, -0.15) is 39.5 Å². The first-order chi connectivity index (χ1) is 12.1. The van der Waals surface area contributed by atoms with Gasteiger partial charge in [-0.15, -0.1) is 26.3 Å². The first-order valence-corrected chi connectivity index (χ1v) is 6.76. The summed E-state index contributed by atoms with van der Waals surface area (Å²) in [6.07, 6.45) is -20.7. The molecular weight excluding hydrogens is 535 g/mol. The topological polar surface area (TPSA) is 27.7 Å². The minimum Gasteiger partial charge on any atom is -0.258 e. The van der Waals surface area contributed by atoms with Crippen molar-refractivity contribution >= 4 is 34.8 Å². The highest BCUT2D eigenvalue weighted by atomic mass is 35.5. The minimum atomic E-state index is -7.74. The summed E-state index contributed by atoms with van der Waals surface area (Å²) in [7, 11) is 0. The van der Waals surface area contributed by atoms with Crippen LogP contribution in [0.2, 0.25) is 0 Å². The maximum atomic E-state index is 13.6. The van der Waals surface area contributed by atoms with Crippen molar-refractivity contribution in [3.05, 3.63) is 0 Å². The van der Waals surface area contributed by atoms with E-state index in [0.29, 0.717) is 0 Å². The van der Waals surface area contributed by atoms with Crippen LogP contribution in [0, 0.1) is 0 Å². The van der Waals surface area contributed by atoms with Crippen LogP contribution < -0.4 is 0 Å². The number of halogens is 18. The lowest BCUT2D eigenvalue weighted by molar-refractivity contribution is -0.513. The molecule has 176 valence electrons. The molecule has 0 amide bonds. The zero-order chi connectivity index (χ0) is 24.1. The van der Waals surface area contributed by atoms with Crippen LogP contribution in [0.1, 0.15) is 0 Å². The number of alkyl halides is 18. The van der Waals surface area contributed by atoms with E-state index in [9.17, 15) is 65.9 Å². The van der Waals surface area contributed by atoms with E-state index < -0.39 is 46.6 Å². The Morgan fingerprint density at radius 3 is 1.03 bits per heavy atom. The van der Waals surface area contributed by atoms with E-state index in [0.717, 1.165) is 0 Å². The normalized spacial score (nSPS) is 21.3. The monoisotopic (exact) mass is 534 g/mol. The molecule has 29 heavy (non-hydrogen) atoms. The van der Waals surface area contributed by atoms with E-state index in [1.165, 1.54) is 0 Å². The summed E-state index contributed by atoms with van der Waals surface area (Å²) in [6, 6.07) is 0. The zero-order valence-electron chi connectivity index (χ0n) is 12.0. The Balaban J connectivity index is 6.25. The van der Waals surface area contributed by atoms with Gasteiger partial charge in [0.25, 0.3) is 0 Å². The Kier molecular flexibility index (Phi) is 7.60. The maximum absolute atomic E-state index is 13.6. The largest absolute Gasteiger partial charge is 0.526 e. The van der Waals surface area contributed by atoms with Crippen molar-refractivity contribution in [2.24, 2.45) is 0 Å². The van der Waals surface area contributed by atoms with Crippen LogP contribution in [0.5, 0.6) is 0 Å². The van der Waals surface area contributed by atoms with Gasteiger partial charge in [-0.05, 0) is 34.8 Å².